The van der Waals surface area contributed by atoms with E-state index in [-0.39, 0.29) is 11.8 Å². The largest absolute Gasteiger partial charge is 0.489 e. The average Bonchev–Trinajstić information content (AvgIpc) is 2.74. The number of thiocarbonyl (C=S) groups is 1. The zero-order chi connectivity index (χ0) is 21.1. The Morgan fingerprint density at radius 1 is 1.20 bits per heavy atom. The van der Waals surface area contributed by atoms with Crippen molar-refractivity contribution in [3.05, 3.63) is 76.0 Å². The maximum absolute atomic E-state index is 12.9. The summed E-state index contributed by atoms with van der Waals surface area (Å²) in [6, 6.07) is 15.3. The zero-order valence-electron chi connectivity index (χ0n) is 17.0. The molecule has 1 aliphatic heterocycles. The van der Waals surface area contributed by atoms with Crippen molar-refractivity contribution in [1.82, 2.24) is 10.2 Å². The van der Waals surface area contributed by atoms with Crippen molar-refractivity contribution >= 4 is 34.7 Å². The fraction of sp³-hybridized carbons (Fsp3) is 0.333. The molecule has 2 aromatic carbocycles. The Bertz CT molecular complexity index is 1000. The lowest BCUT2D eigenvalue weighted by Gasteiger charge is -2.41. The van der Waals surface area contributed by atoms with Crippen LogP contribution in [0.15, 0.2) is 59.8 Å². The molecular formula is C24H25ClN2O2S. The summed E-state index contributed by atoms with van der Waals surface area (Å²) in [4.78, 5) is 15.0. The molecule has 6 heteroatoms. The molecule has 2 aromatic rings. The van der Waals surface area contributed by atoms with Crippen LogP contribution in [0.25, 0.3) is 0 Å². The molecule has 0 fully saturated rings. The lowest BCUT2D eigenvalue weighted by Crippen LogP contribution is -2.49. The summed E-state index contributed by atoms with van der Waals surface area (Å²) in [5, 5.41) is 4.80. The SMILES string of the molecule is CCCN1C(=S)NC(c2cccc(OCc3cccc(Cl)c3)c2)C2=C1CCCC2=O. The first-order valence-corrected chi connectivity index (χ1v) is 11.2. The van der Waals surface area contributed by atoms with Gasteiger partial charge in [0.05, 0.1) is 6.04 Å². The van der Waals surface area contributed by atoms with Gasteiger partial charge in [-0.25, -0.2) is 0 Å². The van der Waals surface area contributed by atoms with Gasteiger partial charge >= 0.3 is 0 Å². The first kappa shape index (κ1) is 20.9. The number of nitrogens with zero attached hydrogens (tertiary/aromatic N) is 1. The fourth-order valence-electron chi connectivity index (χ4n) is 4.14. The smallest absolute Gasteiger partial charge is 0.173 e. The summed E-state index contributed by atoms with van der Waals surface area (Å²) in [6.45, 7) is 3.38. The van der Waals surface area contributed by atoms with Crippen LogP contribution in [0.3, 0.4) is 0 Å². The average molecular weight is 441 g/mol. The van der Waals surface area contributed by atoms with E-state index in [1.807, 2.05) is 48.5 Å². The van der Waals surface area contributed by atoms with E-state index in [0.29, 0.717) is 23.2 Å². The van der Waals surface area contributed by atoms with Crippen LogP contribution in [-0.4, -0.2) is 22.3 Å². The maximum atomic E-state index is 12.9. The molecule has 0 radical (unpaired) electrons. The van der Waals surface area contributed by atoms with Crippen LogP contribution in [0.2, 0.25) is 5.02 Å². The third-order valence-electron chi connectivity index (χ3n) is 5.49. The number of carbonyl (C=O) groups is 1. The van der Waals surface area contributed by atoms with E-state index in [9.17, 15) is 4.79 Å². The monoisotopic (exact) mass is 440 g/mol. The van der Waals surface area contributed by atoms with Gasteiger partial charge in [0.15, 0.2) is 10.9 Å². The van der Waals surface area contributed by atoms with Gasteiger partial charge < -0.3 is 15.0 Å². The van der Waals surface area contributed by atoms with Gasteiger partial charge in [-0.1, -0.05) is 42.8 Å². The molecule has 0 aromatic heterocycles. The summed E-state index contributed by atoms with van der Waals surface area (Å²) in [5.74, 6) is 0.962. The highest BCUT2D eigenvalue weighted by Gasteiger charge is 2.36. The Morgan fingerprint density at radius 3 is 2.83 bits per heavy atom. The standard InChI is InChI=1S/C24H25ClN2O2S/c1-2-12-27-20-10-5-11-21(28)22(20)23(26-24(27)30)17-7-4-9-19(14-17)29-15-16-6-3-8-18(25)13-16/h3-4,6-9,13-14,23H,2,5,10-12,15H2,1H3,(H,26,30). The van der Waals surface area contributed by atoms with Gasteiger partial charge in [0.1, 0.15) is 12.4 Å². The Balaban J connectivity index is 1.61. The number of hydrogen-bond donors (Lipinski definition) is 1. The first-order valence-electron chi connectivity index (χ1n) is 10.4. The molecule has 4 nitrogen and oxygen atoms in total. The molecule has 1 heterocycles. The van der Waals surface area contributed by atoms with Crippen LogP contribution in [0.5, 0.6) is 5.75 Å². The predicted octanol–water partition coefficient (Wildman–Crippen LogP) is 5.57. The molecule has 1 N–H and O–H groups in total. The Kier molecular flexibility index (Phi) is 6.40. The van der Waals surface area contributed by atoms with Gasteiger partial charge in [0, 0.05) is 29.3 Å². The van der Waals surface area contributed by atoms with Crippen LogP contribution < -0.4 is 10.1 Å². The van der Waals surface area contributed by atoms with Crippen LogP contribution in [-0.2, 0) is 11.4 Å². The van der Waals surface area contributed by atoms with Gasteiger partial charge in [-0.15, -0.1) is 0 Å². The highest BCUT2D eigenvalue weighted by molar-refractivity contribution is 7.80. The predicted molar refractivity (Wildman–Crippen MR) is 124 cm³/mol. The van der Waals surface area contributed by atoms with Crippen molar-refractivity contribution in [2.45, 2.75) is 45.3 Å². The molecule has 0 bridgehead atoms. The second kappa shape index (κ2) is 9.19. The number of rotatable bonds is 6. The van der Waals surface area contributed by atoms with Crippen LogP contribution in [0.4, 0.5) is 0 Å². The molecule has 2 aliphatic rings. The van der Waals surface area contributed by atoms with E-state index >= 15 is 0 Å². The van der Waals surface area contributed by atoms with Gasteiger partial charge in [-0.05, 0) is 66.9 Å². The van der Waals surface area contributed by atoms with Crippen LogP contribution in [0, 0.1) is 0 Å². The Labute approximate surface area is 187 Å². The van der Waals surface area contributed by atoms with Gasteiger partial charge in [-0.2, -0.15) is 0 Å². The third-order valence-corrected chi connectivity index (χ3v) is 6.06. The molecular weight excluding hydrogens is 416 g/mol. The Morgan fingerprint density at radius 2 is 2.03 bits per heavy atom. The molecule has 0 amide bonds. The number of halogens is 1. The minimum atomic E-state index is -0.233. The van der Waals surface area contributed by atoms with Crippen molar-refractivity contribution in [1.29, 1.82) is 0 Å². The number of hydrogen-bond acceptors (Lipinski definition) is 3. The minimum Gasteiger partial charge on any atom is -0.489 e. The van der Waals surface area contributed by atoms with Crippen molar-refractivity contribution in [3.8, 4) is 5.75 Å². The second-order valence-electron chi connectivity index (χ2n) is 7.66. The highest BCUT2D eigenvalue weighted by Crippen LogP contribution is 2.38. The topological polar surface area (TPSA) is 41.6 Å². The number of Topliss-reactive ketones (excluding diaryl/α,β-unsaturated/α-hetero) is 1. The summed E-state index contributed by atoms with van der Waals surface area (Å²) in [6.07, 6.45) is 3.35. The molecule has 1 aliphatic carbocycles. The van der Waals surface area contributed by atoms with Gasteiger partial charge in [0.25, 0.3) is 0 Å². The molecule has 0 spiro atoms. The fourth-order valence-corrected chi connectivity index (χ4v) is 4.67. The molecule has 156 valence electrons. The molecule has 1 atom stereocenters. The van der Waals surface area contributed by atoms with Gasteiger partial charge in [0.2, 0.25) is 0 Å². The van der Waals surface area contributed by atoms with E-state index in [2.05, 4.69) is 17.1 Å². The van der Waals surface area contributed by atoms with E-state index in [1.54, 1.807) is 0 Å². The van der Waals surface area contributed by atoms with Crippen molar-refractivity contribution in [2.75, 3.05) is 6.54 Å². The molecule has 0 saturated heterocycles. The molecule has 30 heavy (non-hydrogen) atoms. The lowest BCUT2D eigenvalue weighted by atomic mass is 9.84. The van der Waals surface area contributed by atoms with Crippen LogP contribution in [0.1, 0.15) is 49.8 Å². The summed E-state index contributed by atoms with van der Waals surface area (Å²) in [7, 11) is 0. The maximum Gasteiger partial charge on any atom is 0.173 e. The van der Waals surface area contributed by atoms with Gasteiger partial charge in [-0.3, -0.25) is 4.79 Å². The number of ether oxygens (including phenoxy) is 1. The molecule has 0 saturated carbocycles. The van der Waals surface area contributed by atoms with E-state index in [1.165, 1.54) is 0 Å². The minimum absolute atomic E-state index is 0.211. The summed E-state index contributed by atoms with van der Waals surface area (Å²) < 4.78 is 6.00. The second-order valence-corrected chi connectivity index (χ2v) is 8.49. The van der Waals surface area contributed by atoms with Crippen molar-refractivity contribution in [3.63, 3.8) is 0 Å². The number of carbonyl (C=O) groups excluding carboxylic acids is 1. The van der Waals surface area contributed by atoms with Crippen LogP contribution >= 0.6 is 23.8 Å². The highest BCUT2D eigenvalue weighted by atomic mass is 35.5. The summed E-state index contributed by atoms with van der Waals surface area (Å²) in [5.41, 5.74) is 3.94. The first-order chi connectivity index (χ1) is 14.6. The Hall–Kier alpha value is -2.37. The normalized spacial score (nSPS) is 18.9. The van der Waals surface area contributed by atoms with Crippen molar-refractivity contribution in [2.24, 2.45) is 0 Å². The quantitative estimate of drug-likeness (QED) is 0.595. The lowest BCUT2D eigenvalue weighted by molar-refractivity contribution is -0.116. The van der Waals surface area contributed by atoms with E-state index in [4.69, 9.17) is 28.6 Å². The van der Waals surface area contributed by atoms with E-state index in [0.717, 1.165) is 54.0 Å². The summed E-state index contributed by atoms with van der Waals surface area (Å²) >= 11 is 11.7. The number of ketones is 1. The number of benzene rings is 2. The van der Waals surface area contributed by atoms with E-state index < -0.39 is 0 Å². The molecule has 4 rings (SSSR count). The van der Waals surface area contributed by atoms with Crippen molar-refractivity contribution < 1.29 is 9.53 Å². The number of allylic oxidation sites excluding steroid dienone is 1. The number of nitrogens with one attached hydrogen (secondary N) is 1. The zero-order valence-corrected chi connectivity index (χ0v) is 18.6. The molecule has 1 unspecified atom stereocenters. The third kappa shape index (κ3) is 4.37.